The van der Waals surface area contributed by atoms with Crippen LogP contribution >= 0.6 is 0 Å². The van der Waals surface area contributed by atoms with E-state index in [0.29, 0.717) is 5.92 Å². The molecule has 12 heavy (non-hydrogen) atoms. The van der Waals surface area contributed by atoms with Gasteiger partial charge >= 0.3 is 0 Å². The first-order valence-corrected chi connectivity index (χ1v) is 5.25. The smallest absolute Gasteiger partial charge is 0.0647 e. The van der Waals surface area contributed by atoms with E-state index in [1.807, 2.05) is 6.92 Å². The Morgan fingerprint density at radius 2 is 2.08 bits per heavy atom. The van der Waals surface area contributed by atoms with Crippen LogP contribution in [0.4, 0.5) is 0 Å². The summed E-state index contributed by atoms with van der Waals surface area (Å²) in [4.78, 5) is 0. The summed E-state index contributed by atoms with van der Waals surface area (Å²) in [5.74, 6) is 1.27. The van der Waals surface area contributed by atoms with Gasteiger partial charge in [-0.05, 0) is 38.0 Å². The summed E-state index contributed by atoms with van der Waals surface area (Å²) < 4.78 is 0. The minimum atomic E-state index is -0.373. The first-order chi connectivity index (χ1) is 5.52. The lowest BCUT2D eigenvalue weighted by molar-refractivity contribution is -0.0392. The third-order valence-corrected chi connectivity index (χ3v) is 3.12. The predicted octanol–water partition coefficient (Wildman–Crippen LogP) is 2.97. The van der Waals surface area contributed by atoms with Crippen molar-refractivity contribution in [3.63, 3.8) is 0 Å². The maximum atomic E-state index is 10.1. The van der Waals surface area contributed by atoms with Gasteiger partial charge in [0.15, 0.2) is 0 Å². The lowest BCUT2D eigenvalue weighted by Gasteiger charge is -2.38. The lowest BCUT2D eigenvalue weighted by atomic mass is 9.73. The van der Waals surface area contributed by atoms with Gasteiger partial charge in [0.1, 0.15) is 0 Å². The van der Waals surface area contributed by atoms with Gasteiger partial charge in [0, 0.05) is 0 Å². The summed E-state index contributed by atoms with van der Waals surface area (Å²) >= 11 is 0. The highest BCUT2D eigenvalue weighted by molar-refractivity contribution is 4.86. The molecule has 1 heteroatoms. The largest absolute Gasteiger partial charge is 0.390 e. The molecule has 0 aromatic heterocycles. The van der Waals surface area contributed by atoms with Crippen LogP contribution in [0.15, 0.2) is 0 Å². The van der Waals surface area contributed by atoms with E-state index in [2.05, 4.69) is 13.8 Å². The Morgan fingerprint density at radius 3 is 2.58 bits per heavy atom. The van der Waals surface area contributed by atoms with Gasteiger partial charge in [-0.1, -0.05) is 26.7 Å². The molecule has 0 saturated heterocycles. The van der Waals surface area contributed by atoms with E-state index >= 15 is 0 Å². The van der Waals surface area contributed by atoms with Gasteiger partial charge in [0.05, 0.1) is 5.60 Å². The van der Waals surface area contributed by atoms with E-state index in [1.165, 1.54) is 25.7 Å². The molecular weight excluding hydrogens is 148 g/mol. The number of hydrogen-bond donors (Lipinski definition) is 1. The van der Waals surface area contributed by atoms with Crippen LogP contribution < -0.4 is 0 Å². The van der Waals surface area contributed by atoms with Crippen molar-refractivity contribution in [3.05, 3.63) is 0 Å². The molecule has 1 aliphatic rings. The fourth-order valence-corrected chi connectivity index (χ4v) is 2.33. The van der Waals surface area contributed by atoms with Gasteiger partial charge in [0.25, 0.3) is 0 Å². The van der Waals surface area contributed by atoms with Crippen LogP contribution in [-0.2, 0) is 0 Å². The highest BCUT2D eigenvalue weighted by Gasteiger charge is 2.34. The van der Waals surface area contributed by atoms with Crippen molar-refractivity contribution in [2.24, 2.45) is 11.8 Å². The van der Waals surface area contributed by atoms with E-state index < -0.39 is 0 Å². The maximum absolute atomic E-state index is 10.1. The summed E-state index contributed by atoms with van der Waals surface area (Å²) in [6.07, 6.45) is 5.94. The Bertz CT molecular complexity index is 138. The Hall–Kier alpha value is -0.0400. The molecule has 0 radical (unpaired) electrons. The monoisotopic (exact) mass is 170 g/mol. The zero-order chi connectivity index (χ0) is 9.19. The molecule has 0 aromatic carbocycles. The quantitative estimate of drug-likeness (QED) is 0.675. The van der Waals surface area contributed by atoms with E-state index in [9.17, 15) is 5.11 Å². The van der Waals surface area contributed by atoms with Crippen LogP contribution in [0.25, 0.3) is 0 Å². The summed E-state index contributed by atoms with van der Waals surface area (Å²) in [7, 11) is 0. The number of hydrogen-bond acceptors (Lipinski definition) is 1. The third-order valence-electron chi connectivity index (χ3n) is 3.12. The molecule has 2 atom stereocenters. The normalized spacial score (nSPS) is 37.2. The van der Waals surface area contributed by atoms with Crippen molar-refractivity contribution in [2.75, 3.05) is 0 Å². The molecule has 1 nitrogen and oxygen atoms in total. The first kappa shape index (κ1) is 10.0. The predicted molar refractivity (Wildman–Crippen MR) is 52.0 cm³/mol. The topological polar surface area (TPSA) is 20.2 Å². The Kier molecular flexibility index (Phi) is 3.16. The van der Waals surface area contributed by atoms with Gasteiger partial charge in [-0.3, -0.25) is 0 Å². The molecule has 0 amide bonds. The van der Waals surface area contributed by atoms with Crippen molar-refractivity contribution >= 4 is 0 Å². The van der Waals surface area contributed by atoms with Crippen molar-refractivity contribution in [1.29, 1.82) is 0 Å². The van der Waals surface area contributed by atoms with Crippen molar-refractivity contribution < 1.29 is 5.11 Å². The van der Waals surface area contributed by atoms with Gasteiger partial charge < -0.3 is 5.11 Å². The zero-order valence-corrected chi connectivity index (χ0v) is 8.64. The average Bonchev–Trinajstić information content (AvgIpc) is 1.92. The van der Waals surface area contributed by atoms with Crippen LogP contribution in [-0.4, -0.2) is 10.7 Å². The van der Waals surface area contributed by atoms with E-state index in [4.69, 9.17) is 0 Å². The molecule has 0 spiro atoms. The molecule has 2 unspecified atom stereocenters. The summed E-state index contributed by atoms with van der Waals surface area (Å²) in [5, 5.41) is 10.1. The highest BCUT2D eigenvalue weighted by Crippen LogP contribution is 2.37. The standard InChI is InChI=1S/C11H22O/c1-9(2)8-10-6-4-5-7-11(10,3)12/h9-10,12H,4-8H2,1-3H3. The summed E-state index contributed by atoms with van der Waals surface area (Å²) in [5.41, 5.74) is -0.373. The van der Waals surface area contributed by atoms with Gasteiger partial charge in [-0.2, -0.15) is 0 Å². The van der Waals surface area contributed by atoms with Crippen LogP contribution in [0.1, 0.15) is 52.9 Å². The number of rotatable bonds is 2. The molecule has 0 aromatic rings. The molecule has 1 saturated carbocycles. The zero-order valence-electron chi connectivity index (χ0n) is 8.64. The molecule has 0 aliphatic heterocycles. The highest BCUT2D eigenvalue weighted by atomic mass is 16.3. The molecule has 72 valence electrons. The van der Waals surface area contributed by atoms with E-state index in [-0.39, 0.29) is 5.60 Å². The second-order valence-corrected chi connectivity index (χ2v) is 4.93. The van der Waals surface area contributed by atoms with Gasteiger partial charge in [-0.25, -0.2) is 0 Å². The van der Waals surface area contributed by atoms with Gasteiger partial charge in [-0.15, -0.1) is 0 Å². The Balaban J connectivity index is 2.48. The van der Waals surface area contributed by atoms with E-state index in [1.54, 1.807) is 0 Å². The fraction of sp³-hybridized carbons (Fsp3) is 1.00. The minimum absolute atomic E-state index is 0.373. The molecule has 1 aliphatic carbocycles. The molecule has 1 N–H and O–H groups in total. The van der Waals surface area contributed by atoms with Crippen molar-refractivity contribution in [1.82, 2.24) is 0 Å². The van der Waals surface area contributed by atoms with Gasteiger partial charge in [0.2, 0.25) is 0 Å². The first-order valence-electron chi connectivity index (χ1n) is 5.25. The minimum Gasteiger partial charge on any atom is -0.390 e. The maximum Gasteiger partial charge on any atom is 0.0647 e. The summed E-state index contributed by atoms with van der Waals surface area (Å²) in [6, 6.07) is 0. The SMILES string of the molecule is CC(C)CC1CCCCC1(C)O. The van der Waals surface area contributed by atoms with Crippen LogP contribution in [0, 0.1) is 11.8 Å². The average molecular weight is 170 g/mol. The summed E-state index contributed by atoms with van der Waals surface area (Å²) in [6.45, 7) is 6.49. The van der Waals surface area contributed by atoms with Crippen LogP contribution in [0.3, 0.4) is 0 Å². The molecule has 1 fully saturated rings. The third kappa shape index (κ3) is 2.48. The van der Waals surface area contributed by atoms with E-state index in [0.717, 1.165) is 12.3 Å². The number of aliphatic hydroxyl groups is 1. The second-order valence-electron chi connectivity index (χ2n) is 4.93. The lowest BCUT2D eigenvalue weighted by Crippen LogP contribution is -2.38. The van der Waals surface area contributed by atoms with Crippen molar-refractivity contribution in [3.8, 4) is 0 Å². The van der Waals surface area contributed by atoms with Crippen LogP contribution in [0.5, 0.6) is 0 Å². The second kappa shape index (κ2) is 3.78. The fourth-order valence-electron chi connectivity index (χ4n) is 2.33. The molecular formula is C11H22O. The molecule has 0 heterocycles. The van der Waals surface area contributed by atoms with Crippen molar-refractivity contribution in [2.45, 2.75) is 58.5 Å². The Morgan fingerprint density at radius 1 is 1.42 bits per heavy atom. The Labute approximate surface area is 76.2 Å². The van der Waals surface area contributed by atoms with Crippen LogP contribution in [0.2, 0.25) is 0 Å². The molecule has 1 rings (SSSR count). The molecule has 0 bridgehead atoms.